The number of ether oxygens (including phenoxy) is 1. The summed E-state index contributed by atoms with van der Waals surface area (Å²) in [6.07, 6.45) is 0.0548. The van der Waals surface area contributed by atoms with Gasteiger partial charge in [-0.3, -0.25) is 0 Å². The van der Waals surface area contributed by atoms with Gasteiger partial charge in [-0.2, -0.15) is 13.2 Å². The van der Waals surface area contributed by atoms with Crippen LogP contribution >= 0.6 is 0 Å². The van der Waals surface area contributed by atoms with Crippen LogP contribution in [0.1, 0.15) is 5.82 Å². The Bertz CT molecular complexity index is 325. The second kappa shape index (κ2) is 6.61. The van der Waals surface area contributed by atoms with Crippen LogP contribution in [-0.2, 0) is 18.2 Å². The van der Waals surface area contributed by atoms with Gasteiger partial charge in [0.05, 0.1) is 6.61 Å². The van der Waals surface area contributed by atoms with Gasteiger partial charge in [-0.15, -0.1) is 0 Å². The normalized spacial score (nSPS) is 12.0. The van der Waals surface area contributed by atoms with Crippen molar-refractivity contribution in [3.8, 4) is 0 Å². The molecular weight excluding hydrogens is 235 g/mol. The predicted octanol–water partition coefficient (Wildman–Crippen LogP) is 1.13. The Hall–Kier alpha value is -1.08. The number of halogens is 3. The highest BCUT2D eigenvalue weighted by Crippen LogP contribution is 2.13. The van der Waals surface area contributed by atoms with E-state index in [0.29, 0.717) is 13.1 Å². The average molecular weight is 251 g/mol. The highest BCUT2D eigenvalue weighted by molar-refractivity contribution is 4.91. The smallest absolute Gasteiger partial charge is 0.371 e. The molecule has 0 amide bonds. The number of nitrogens with zero attached hydrogens (tertiary/aromatic N) is 2. The molecule has 98 valence electrons. The van der Waals surface area contributed by atoms with E-state index in [-0.39, 0.29) is 6.61 Å². The largest absolute Gasteiger partial charge is 0.411 e. The molecule has 0 spiro atoms. The molecule has 17 heavy (non-hydrogen) atoms. The van der Waals surface area contributed by atoms with Crippen LogP contribution < -0.4 is 5.32 Å². The summed E-state index contributed by atoms with van der Waals surface area (Å²) in [5.41, 5.74) is 0. The molecule has 0 radical (unpaired) electrons. The lowest BCUT2D eigenvalue weighted by atomic mass is 10.4. The third-order valence-electron chi connectivity index (χ3n) is 2.14. The number of hydrogen-bond donors (Lipinski definition) is 1. The first-order valence-corrected chi connectivity index (χ1v) is 5.30. The number of imidazole rings is 1. The topological polar surface area (TPSA) is 39.1 Å². The van der Waals surface area contributed by atoms with Crippen LogP contribution in [0.25, 0.3) is 0 Å². The van der Waals surface area contributed by atoms with Crippen molar-refractivity contribution in [3.63, 3.8) is 0 Å². The van der Waals surface area contributed by atoms with Gasteiger partial charge in [0.15, 0.2) is 0 Å². The van der Waals surface area contributed by atoms with E-state index in [1.54, 1.807) is 6.20 Å². The molecule has 1 N–H and O–H groups in total. The quantitative estimate of drug-likeness (QED) is 0.738. The van der Waals surface area contributed by atoms with Crippen LogP contribution in [0, 0.1) is 0 Å². The summed E-state index contributed by atoms with van der Waals surface area (Å²) in [4.78, 5) is 4.12. The van der Waals surface area contributed by atoms with E-state index in [0.717, 1.165) is 12.2 Å². The van der Waals surface area contributed by atoms with Crippen molar-refractivity contribution in [2.75, 3.05) is 26.3 Å². The van der Waals surface area contributed by atoms with Crippen molar-refractivity contribution in [2.24, 2.45) is 7.05 Å². The van der Waals surface area contributed by atoms with Crippen LogP contribution in [0.15, 0.2) is 12.4 Å². The van der Waals surface area contributed by atoms with Crippen LogP contribution in [0.2, 0.25) is 0 Å². The van der Waals surface area contributed by atoms with Crippen LogP contribution in [0.5, 0.6) is 0 Å². The minimum atomic E-state index is -4.24. The number of hydrogen-bond acceptors (Lipinski definition) is 3. The molecule has 0 atom stereocenters. The monoisotopic (exact) mass is 251 g/mol. The first-order chi connectivity index (χ1) is 7.99. The molecular formula is C10H16F3N3O. The highest BCUT2D eigenvalue weighted by atomic mass is 19.4. The van der Waals surface area contributed by atoms with Crippen LogP contribution in [-0.4, -0.2) is 42.0 Å². The predicted molar refractivity (Wildman–Crippen MR) is 56.7 cm³/mol. The van der Waals surface area contributed by atoms with Gasteiger partial charge in [0.25, 0.3) is 0 Å². The summed E-state index contributed by atoms with van der Waals surface area (Å²) in [5, 5.41) is 2.99. The summed E-state index contributed by atoms with van der Waals surface area (Å²) >= 11 is 0. The molecule has 1 heterocycles. The fourth-order valence-corrected chi connectivity index (χ4v) is 1.29. The maximum Gasteiger partial charge on any atom is 0.411 e. The maximum atomic E-state index is 11.7. The minimum Gasteiger partial charge on any atom is -0.371 e. The molecule has 0 aliphatic heterocycles. The fourth-order valence-electron chi connectivity index (χ4n) is 1.29. The highest BCUT2D eigenvalue weighted by Gasteiger charge is 2.27. The molecule has 0 aliphatic carbocycles. The molecule has 0 fully saturated rings. The van der Waals surface area contributed by atoms with E-state index in [1.807, 2.05) is 17.8 Å². The lowest BCUT2D eigenvalue weighted by Crippen LogP contribution is -2.25. The number of nitrogens with one attached hydrogen (secondary N) is 1. The van der Waals surface area contributed by atoms with Crippen molar-refractivity contribution in [1.82, 2.24) is 14.9 Å². The molecule has 4 nitrogen and oxygen atoms in total. The molecule has 1 aromatic heterocycles. The van der Waals surface area contributed by atoms with E-state index in [2.05, 4.69) is 15.0 Å². The SMILES string of the molecule is Cn1ccnc1CCNCCOCC(F)(F)F. The van der Waals surface area contributed by atoms with Crippen molar-refractivity contribution >= 4 is 0 Å². The van der Waals surface area contributed by atoms with Gasteiger partial charge < -0.3 is 14.6 Å². The standard InChI is InChI=1S/C10H16F3N3O/c1-16-6-4-15-9(16)2-3-14-5-7-17-8-10(11,12)13/h4,6,14H,2-3,5,7-8H2,1H3. The minimum absolute atomic E-state index is 0.0556. The molecule has 0 unspecified atom stereocenters. The number of aromatic nitrogens is 2. The van der Waals surface area contributed by atoms with Gasteiger partial charge in [0, 0.05) is 39.0 Å². The van der Waals surface area contributed by atoms with Gasteiger partial charge in [0.1, 0.15) is 12.4 Å². The Morgan fingerprint density at radius 2 is 2.18 bits per heavy atom. The number of aryl methyl sites for hydroxylation is 1. The summed E-state index contributed by atoms with van der Waals surface area (Å²) in [6.45, 7) is -0.0607. The second-order valence-corrected chi connectivity index (χ2v) is 3.62. The third-order valence-corrected chi connectivity index (χ3v) is 2.14. The first-order valence-electron chi connectivity index (χ1n) is 5.30. The zero-order valence-electron chi connectivity index (χ0n) is 9.63. The van der Waals surface area contributed by atoms with E-state index >= 15 is 0 Å². The Labute approximate surface area is 97.8 Å². The molecule has 1 aromatic rings. The van der Waals surface area contributed by atoms with Gasteiger partial charge in [-0.25, -0.2) is 4.98 Å². The van der Waals surface area contributed by atoms with Crippen molar-refractivity contribution < 1.29 is 17.9 Å². The Kier molecular flexibility index (Phi) is 5.43. The van der Waals surface area contributed by atoms with E-state index in [9.17, 15) is 13.2 Å². The lowest BCUT2D eigenvalue weighted by molar-refractivity contribution is -0.173. The number of alkyl halides is 3. The van der Waals surface area contributed by atoms with Crippen LogP contribution in [0.3, 0.4) is 0 Å². The summed E-state index contributed by atoms with van der Waals surface area (Å²) < 4.78 is 41.5. The first kappa shape index (κ1) is 14.0. The van der Waals surface area contributed by atoms with Crippen molar-refractivity contribution in [2.45, 2.75) is 12.6 Å². The molecule has 7 heteroatoms. The zero-order valence-corrected chi connectivity index (χ0v) is 9.63. The van der Waals surface area contributed by atoms with E-state index in [1.165, 1.54) is 0 Å². The summed E-state index contributed by atoms with van der Waals surface area (Å²) in [7, 11) is 1.90. The fraction of sp³-hybridized carbons (Fsp3) is 0.700. The molecule has 0 aliphatic rings. The van der Waals surface area contributed by atoms with Crippen molar-refractivity contribution in [1.29, 1.82) is 0 Å². The van der Waals surface area contributed by atoms with Gasteiger partial charge >= 0.3 is 6.18 Å². The van der Waals surface area contributed by atoms with Crippen LogP contribution in [0.4, 0.5) is 13.2 Å². The maximum absolute atomic E-state index is 11.7. The van der Waals surface area contributed by atoms with Gasteiger partial charge in [0.2, 0.25) is 0 Å². The lowest BCUT2D eigenvalue weighted by Gasteiger charge is -2.08. The van der Waals surface area contributed by atoms with Gasteiger partial charge in [-0.1, -0.05) is 0 Å². The molecule has 0 aromatic carbocycles. The Morgan fingerprint density at radius 1 is 1.41 bits per heavy atom. The Balaban J connectivity index is 1.97. The Morgan fingerprint density at radius 3 is 2.76 bits per heavy atom. The molecule has 0 saturated heterocycles. The van der Waals surface area contributed by atoms with Crippen molar-refractivity contribution in [3.05, 3.63) is 18.2 Å². The molecule has 0 bridgehead atoms. The third kappa shape index (κ3) is 6.28. The zero-order chi connectivity index (χ0) is 12.7. The summed E-state index contributed by atoms with van der Waals surface area (Å²) in [5.74, 6) is 0.939. The second-order valence-electron chi connectivity index (χ2n) is 3.62. The van der Waals surface area contributed by atoms with E-state index in [4.69, 9.17) is 0 Å². The van der Waals surface area contributed by atoms with E-state index < -0.39 is 12.8 Å². The molecule has 0 saturated carbocycles. The van der Waals surface area contributed by atoms with Gasteiger partial charge in [-0.05, 0) is 0 Å². The number of rotatable bonds is 7. The summed E-state index contributed by atoms with van der Waals surface area (Å²) in [6, 6.07) is 0. The average Bonchev–Trinajstić information content (AvgIpc) is 2.61. The molecule has 1 rings (SSSR count).